The Morgan fingerprint density at radius 2 is 1.94 bits per heavy atom. The highest BCUT2D eigenvalue weighted by Crippen LogP contribution is 2.61. The Balaban J connectivity index is 1.64. The molecule has 36 heavy (non-hydrogen) atoms. The number of nitrogens with zero attached hydrogens (tertiary/aromatic N) is 2. The van der Waals surface area contributed by atoms with Crippen LogP contribution in [-0.2, 0) is 19.1 Å². The van der Waals surface area contributed by atoms with Crippen molar-refractivity contribution in [3.63, 3.8) is 0 Å². The molecule has 1 spiro atoms. The monoisotopic (exact) mass is 512 g/mol. The van der Waals surface area contributed by atoms with Crippen molar-refractivity contribution in [3.8, 4) is 5.75 Å². The number of cyclic esters (lactones) is 1. The Bertz CT molecular complexity index is 1100. The van der Waals surface area contributed by atoms with Crippen LogP contribution >= 0.6 is 11.8 Å². The number of carbonyl (C=O) groups excluding carboxylic acids is 3. The van der Waals surface area contributed by atoms with E-state index in [-0.39, 0.29) is 36.2 Å². The average molecular weight is 513 g/mol. The largest absolute Gasteiger partial charge is 0.497 e. The van der Waals surface area contributed by atoms with Gasteiger partial charge in [0.1, 0.15) is 18.4 Å². The number of rotatable bonds is 6. The summed E-state index contributed by atoms with van der Waals surface area (Å²) in [5.74, 6) is -1.68. The summed E-state index contributed by atoms with van der Waals surface area (Å²) in [4.78, 5) is 45.0. The molecular formula is C27H32N2O6S. The topological polar surface area (TPSA) is 96.4 Å². The molecular weight excluding hydrogens is 480 g/mol. The number of benzene rings is 1. The van der Waals surface area contributed by atoms with E-state index >= 15 is 0 Å². The molecule has 1 unspecified atom stereocenters. The molecule has 5 rings (SSSR count). The van der Waals surface area contributed by atoms with E-state index in [1.165, 1.54) is 11.8 Å². The summed E-state index contributed by atoms with van der Waals surface area (Å²) in [6.07, 6.45) is 8.37. The third kappa shape index (κ3) is 3.66. The van der Waals surface area contributed by atoms with Crippen LogP contribution in [0.1, 0.15) is 20.3 Å². The minimum absolute atomic E-state index is 0.0360. The predicted molar refractivity (Wildman–Crippen MR) is 137 cm³/mol. The summed E-state index contributed by atoms with van der Waals surface area (Å²) < 4.78 is 9.75. The number of methoxy groups -OCH3 is 1. The van der Waals surface area contributed by atoms with E-state index in [2.05, 4.69) is 0 Å². The zero-order valence-electron chi connectivity index (χ0n) is 20.7. The number of carbonyl (C=O) groups is 3. The van der Waals surface area contributed by atoms with Crippen LogP contribution in [0.5, 0.6) is 5.75 Å². The molecule has 0 saturated carbocycles. The standard InChI is InChI=1S/C27H32N2O6S/c1-4-16(2)19(15-30)29-23-25(32)28(17-8-10-18(34-3)11-9-17)13-6-12-27(23)22(24(29)31)21-20(36-27)7-5-14-35-26(21)33/h5-12,16,19-23,30H,4,13-15H2,1-3H3/t16-,19-,20-,21+,22-,23?,27-/m0/s1. The molecule has 192 valence electrons. The van der Waals surface area contributed by atoms with Gasteiger partial charge in [-0.05, 0) is 30.2 Å². The zero-order valence-corrected chi connectivity index (χ0v) is 21.5. The number of hydrogen-bond acceptors (Lipinski definition) is 7. The van der Waals surface area contributed by atoms with Gasteiger partial charge in [-0.15, -0.1) is 11.8 Å². The number of aliphatic hydroxyl groups excluding tert-OH is 1. The van der Waals surface area contributed by atoms with Gasteiger partial charge in [-0.1, -0.05) is 44.6 Å². The summed E-state index contributed by atoms with van der Waals surface area (Å²) in [5.41, 5.74) is 0.693. The van der Waals surface area contributed by atoms with Crippen molar-refractivity contribution < 1.29 is 29.0 Å². The van der Waals surface area contributed by atoms with Crippen LogP contribution in [0.2, 0.25) is 0 Å². The van der Waals surface area contributed by atoms with E-state index in [9.17, 15) is 19.5 Å². The molecule has 1 N–H and O–H groups in total. The van der Waals surface area contributed by atoms with Gasteiger partial charge in [0.05, 0.1) is 36.3 Å². The van der Waals surface area contributed by atoms with E-state index in [1.807, 2.05) is 50.3 Å². The molecule has 2 fully saturated rings. The number of esters is 1. The van der Waals surface area contributed by atoms with E-state index < -0.39 is 34.6 Å². The highest BCUT2D eigenvalue weighted by molar-refractivity contribution is 8.02. The van der Waals surface area contributed by atoms with Gasteiger partial charge in [-0.25, -0.2) is 0 Å². The van der Waals surface area contributed by atoms with Crippen LogP contribution in [0.15, 0.2) is 48.6 Å². The van der Waals surface area contributed by atoms with Crippen molar-refractivity contribution in [2.75, 3.05) is 31.8 Å². The Labute approximate surface area is 215 Å². The van der Waals surface area contributed by atoms with E-state index in [1.54, 1.807) is 29.0 Å². The molecule has 4 aliphatic heterocycles. The summed E-state index contributed by atoms with van der Waals surface area (Å²) >= 11 is 1.50. The highest BCUT2D eigenvalue weighted by Gasteiger charge is 2.72. The number of anilines is 1. The Kier molecular flexibility index (Phi) is 6.63. The maximum Gasteiger partial charge on any atom is 0.311 e. The predicted octanol–water partition coefficient (Wildman–Crippen LogP) is 2.42. The van der Waals surface area contributed by atoms with Gasteiger partial charge in [-0.3, -0.25) is 14.4 Å². The fourth-order valence-electron chi connectivity index (χ4n) is 6.07. The lowest BCUT2D eigenvalue weighted by Gasteiger charge is -2.40. The van der Waals surface area contributed by atoms with Crippen molar-refractivity contribution in [2.24, 2.45) is 17.8 Å². The van der Waals surface area contributed by atoms with E-state index in [4.69, 9.17) is 9.47 Å². The number of amides is 2. The second-order valence-corrected chi connectivity index (χ2v) is 11.3. The first-order chi connectivity index (χ1) is 17.4. The SMILES string of the molecule is CC[C@H](C)[C@H](CO)N1C(=O)[C@@H]2[C@@H]3C(=O)OCC=C[C@@H]3S[C@@]23C=CCN(c2ccc(OC)cc2)C(=O)C13. The van der Waals surface area contributed by atoms with Gasteiger partial charge < -0.3 is 24.4 Å². The van der Waals surface area contributed by atoms with Crippen molar-refractivity contribution in [1.82, 2.24) is 4.90 Å². The first-order valence-electron chi connectivity index (χ1n) is 12.4. The third-order valence-electron chi connectivity index (χ3n) is 8.08. The smallest absolute Gasteiger partial charge is 0.311 e. The molecule has 1 aromatic carbocycles. The minimum atomic E-state index is -0.938. The van der Waals surface area contributed by atoms with Gasteiger partial charge >= 0.3 is 5.97 Å². The van der Waals surface area contributed by atoms with Crippen molar-refractivity contribution in [2.45, 2.75) is 42.3 Å². The van der Waals surface area contributed by atoms with E-state index in [0.717, 1.165) is 6.42 Å². The second kappa shape index (κ2) is 9.59. The molecule has 8 nitrogen and oxygen atoms in total. The molecule has 2 saturated heterocycles. The Morgan fingerprint density at radius 3 is 2.61 bits per heavy atom. The first kappa shape index (κ1) is 24.9. The molecule has 0 bridgehead atoms. The fourth-order valence-corrected chi connectivity index (χ4v) is 8.06. The normalized spacial score (nSPS) is 32.8. The molecule has 7 atom stereocenters. The molecule has 4 aliphatic rings. The zero-order chi connectivity index (χ0) is 25.6. The molecule has 9 heteroatoms. The van der Waals surface area contributed by atoms with Gasteiger partial charge in [-0.2, -0.15) is 0 Å². The number of ether oxygens (including phenoxy) is 2. The number of fused-ring (bicyclic) bond motifs is 2. The number of likely N-dealkylation sites (tertiary alicyclic amines) is 1. The van der Waals surface area contributed by atoms with Gasteiger partial charge in [0.2, 0.25) is 5.91 Å². The second-order valence-electron chi connectivity index (χ2n) is 9.83. The third-order valence-corrected chi connectivity index (χ3v) is 9.82. The lowest BCUT2D eigenvalue weighted by molar-refractivity contribution is -0.152. The van der Waals surface area contributed by atoms with Crippen LogP contribution in [0.25, 0.3) is 0 Å². The van der Waals surface area contributed by atoms with Crippen LogP contribution in [0, 0.1) is 17.8 Å². The number of thioether (sulfide) groups is 1. The number of hydrogen-bond donors (Lipinski definition) is 1. The summed E-state index contributed by atoms with van der Waals surface area (Å²) in [6, 6.07) is 5.84. The average Bonchev–Trinajstić information content (AvgIpc) is 3.19. The van der Waals surface area contributed by atoms with Gasteiger partial charge in [0.15, 0.2) is 0 Å². The Hall–Kier alpha value is -2.78. The lowest BCUT2D eigenvalue weighted by Crippen LogP contribution is -2.58. The van der Waals surface area contributed by atoms with Crippen LogP contribution < -0.4 is 9.64 Å². The fraction of sp³-hybridized carbons (Fsp3) is 0.519. The molecule has 0 radical (unpaired) electrons. The van der Waals surface area contributed by atoms with Gasteiger partial charge in [0, 0.05) is 17.5 Å². The number of aliphatic hydroxyl groups is 1. The van der Waals surface area contributed by atoms with Crippen molar-refractivity contribution >= 4 is 35.2 Å². The molecule has 1 aromatic rings. The van der Waals surface area contributed by atoms with Crippen molar-refractivity contribution in [3.05, 3.63) is 48.6 Å². The van der Waals surface area contributed by atoms with E-state index in [0.29, 0.717) is 18.0 Å². The maximum absolute atomic E-state index is 14.4. The quantitative estimate of drug-likeness (QED) is 0.462. The van der Waals surface area contributed by atoms with Gasteiger partial charge in [0.25, 0.3) is 5.91 Å². The Morgan fingerprint density at radius 1 is 1.19 bits per heavy atom. The minimum Gasteiger partial charge on any atom is -0.497 e. The van der Waals surface area contributed by atoms with Crippen LogP contribution in [0.3, 0.4) is 0 Å². The molecule has 2 amide bonds. The van der Waals surface area contributed by atoms with Crippen molar-refractivity contribution in [1.29, 1.82) is 0 Å². The summed E-state index contributed by atoms with van der Waals surface area (Å²) in [6.45, 7) is 4.23. The molecule has 0 aromatic heterocycles. The molecule has 0 aliphatic carbocycles. The highest BCUT2D eigenvalue weighted by atomic mass is 32.2. The maximum atomic E-state index is 14.4. The lowest BCUT2D eigenvalue weighted by atomic mass is 9.78. The van der Waals surface area contributed by atoms with Crippen LogP contribution in [-0.4, -0.2) is 76.7 Å². The first-order valence-corrected chi connectivity index (χ1v) is 13.3. The molecule has 4 heterocycles. The summed E-state index contributed by atoms with van der Waals surface area (Å²) in [7, 11) is 1.59. The van der Waals surface area contributed by atoms with Crippen LogP contribution in [0.4, 0.5) is 5.69 Å². The summed E-state index contributed by atoms with van der Waals surface area (Å²) in [5, 5.41) is 10.2.